The van der Waals surface area contributed by atoms with Crippen LogP contribution in [0.4, 0.5) is 10.8 Å². The third-order valence-electron chi connectivity index (χ3n) is 7.20. The molecule has 4 aromatic rings. The Balaban J connectivity index is 0.00000387. The molecule has 11 heteroatoms. The van der Waals surface area contributed by atoms with E-state index in [1.807, 2.05) is 49.4 Å². The Morgan fingerprint density at radius 2 is 1.73 bits per heavy atom. The van der Waals surface area contributed by atoms with Crippen LogP contribution >= 0.6 is 23.7 Å². The van der Waals surface area contributed by atoms with E-state index in [9.17, 15) is 13.2 Å². The molecule has 3 aromatic carbocycles. The first-order valence-electron chi connectivity index (χ1n) is 13.6. The Bertz CT molecular complexity index is 1600. The van der Waals surface area contributed by atoms with Gasteiger partial charge in [0.2, 0.25) is 0 Å². The largest absolute Gasteiger partial charge is 0.494 e. The summed E-state index contributed by atoms with van der Waals surface area (Å²) in [5, 5.41) is 0.603. The van der Waals surface area contributed by atoms with Crippen molar-refractivity contribution in [2.45, 2.75) is 32.1 Å². The average Bonchev–Trinajstić information content (AvgIpc) is 3.60. The van der Waals surface area contributed by atoms with Crippen molar-refractivity contribution in [2.24, 2.45) is 0 Å². The van der Waals surface area contributed by atoms with Gasteiger partial charge in [0.1, 0.15) is 5.75 Å². The van der Waals surface area contributed by atoms with E-state index in [0.29, 0.717) is 49.0 Å². The SMILES string of the molecule is CCOc1ccc2nc(N(CCN(CC)CC)C(=O)c3ccc(S(=O)(=O)N4CCc5ccccc54)cc3)sc2c1.Cl. The molecule has 0 saturated carbocycles. The second-order valence-electron chi connectivity index (χ2n) is 9.52. The zero-order valence-corrected chi connectivity index (χ0v) is 25.9. The van der Waals surface area contributed by atoms with Gasteiger partial charge in [0, 0.05) is 25.2 Å². The Labute approximate surface area is 252 Å². The van der Waals surface area contributed by atoms with Crippen LogP contribution in [0.3, 0.4) is 0 Å². The molecule has 0 radical (unpaired) electrons. The maximum absolute atomic E-state index is 13.9. The van der Waals surface area contributed by atoms with Crippen LogP contribution in [-0.4, -0.2) is 63.5 Å². The molecule has 218 valence electrons. The molecule has 41 heavy (non-hydrogen) atoms. The number of para-hydroxylation sites is 1. The molecule has 0 bridgehead atoms. The van der Waals surface area contributed by atoms with Gasteiger partial charge in [0.05, 0.1) is 27.4 Å². The van der Waals surface area contributed by atoms with E-state index in [0.717, 1.165) is 34.6 Å². The first kappa shape index (κ1) is 30.8. The third kappa shape index (κ3) is 6.35. The highest BCUT2D eigenvalue weighted by atomic mass is 35.5. The Kier molecular flexibility index (Phi) is 9.91. The summed E-state index contributed by atoms with van der Waals surface area (Å²) >= 11 is 1.45. The number of rotatable bonds is 11. The van der Waals surface area contributed by atoms with Gasteiger partial charge in [-0.15, -0.1) is 12.4 Å². The van der Waals surface area contributed by atoms with Crippen LogP contribution in [0.25, 0.3) is 10.2 Å². The quantitative estimate of drug-likeness (QED) is 0.211. The van der Waals surface area contributed by atoms with Gasteiger partial charge in [-0.05, 0) is 80.5 Å². The molecule has 1 amide bonds. The van der Waals surface area contributed by atoms with E-state index in [2.05, 4.69) is 18.7 Å². The van der Waals surface area contributed by atoms with Gasteiger partial charge in [-0.25, -0.2) is 13.4 Å². The molecule has 8 nitrogen and oxygen atoms in total. The molecular formula is C30H35ClN4O4S2. The number of aromatic nitrogens is 1. The molecule has 0 saturated heterocycles. The molecule has 0 spiro atoms. The number of sulfonamides is 1. The highest BCUT2D eigenvalue weighted by Crippen LogP contribution is 2.34. The van der Waals surface area contributed by atoms with Gasteiger partial charge < -0.3 is 9.64 Å². The second kappa shape index (κ2) is 13.2. The molecular weight excluding hydrogens is 580 g/mol. The number of thiazole rings is 1. The summed E-state index contributed by atoms with van der Waals surface area (Å²) in [6.45, 7) is 10.0. The number of likely N-dealkylation sites (N-methyl/N-ethyl adjacent to an activating group) is 1. The molecule has 0 aliphatic carbocycles. The lowest BCUT2D eigenvalue weighted by atomic mass is 10.2. The molecule has 1 aliphatic heterocycles. The molecule has 0 fully saturated rings. The predicted molar refractivity (Wildman–Crippen MR) is 169 cm³/mol. The van der Waals surface area contributed by atoms with Crippen LogP contribution in [0.1, 0.15) is 36.7 Å². The molecule has 0 unspecified atom stereocenters. The van der Waals surface area contributed by atoms with Crippen LogP contribution in [0.15, 0.2) is 71.6 Å². The number of benzene rings is 3. The molecule has 1 aliphatic rings. The fourth-order valence-corrected chi connectivity index (χ4v) is 7.46. The summed E-state index contributed by atoms with van der Waals surface area (Å²) in [5.74, 6) is 0.551. The molecule has 1 aromatic heterocycles. The fraction of sp³-hybridized carbons (Fsp3) is 0.333. The number of carbonyl (C=O) groups excluding carboxylic acids is 1. The Hall–Kier alpha value is -3.18. The van der Waals surface area contributed by atoms with Gasteiger partial charge in [-0.1, -0.05) is 43.4 Å². The first-order valence-corrected chi connectivity index (χ1v) is 15.9. The Morgan fingerprint density at radius 1 is 1.00 bits per heavy atom. The summed E-state index contributed by atoms with van der Waals surface area (Å²) in [4.78, 5) is 22.7. The minimum absolute atomic E-state index is 0. The number of nitrogens with zero attached hydrogens (tertiary/aromatic N) is 4. The normalized spacial score (nSPS) is 12.8. The van der Waals surface area contributed by atoms with Gasteiger partial charge in [0.25, 0.3) is 15.9 Å². The lowest BCUT2D eigenvalue weighted by Crippen LogP contribution is -2.39. The average molecular weight is 615 g/mol. The van der Waals surface area contributed by atoms with E-state index >= 15 is 0 Å². The maximum Gasteiger partial charge on any atom is 0.264 e. The van der Waals surface area contributed by atoms with Gasteiger partial charge >= 0.3 is 0 Å². The number of fused-ring (bicyclic) bond motifs is 2. The zero-order chi connectivity index (χ0) is 28.3. The van der Waals surface area contributed by atoms with Crippen molar-refractivity contribution in [2.75, 3.05) is 48.5 Å². The first-order chi connectivity index (χ1) is 19.3. The lowest BCUT2D eigenvalue weighted by Gasteiger charge is -2.25. The summed E-state index contributed by atoms with van der Waals surface area (Å²) in [6, 6.07) is 19.6. The Morgan fingerprint density at radius 3 is 2.44 bits per heavy atom. The van der Waals surface area contributed by atoms with E-state index in [1.165, 1.54) is 27.8 Å². The van der Waals surface area contributed by atoms with Crippen LogP contribution in [0.2, 0.25) is 0 Å². The van der Waals surface area contributed by atoms with Crippen molar-refractivity contribution >= 4 is 60.7 Å². The van der Waals surface area contributed by atoms with Gasteiger partial charge in [-0.3, -0.25) is 14.0 Å². The fourth-order valence-electron chi connectivity index (χ4n) is 4.94. The summed E-state index contributed by atoms with van der Waals surface area (Å²) in [6.07, 6.45) is 0.682. The van der Waals surface area contributed by atoms with Crippen LogP contribution < -0.4 is 13.9 Å². The van der Waals surface area contributed by atoms with Crippen LogP contribution in [0, 0.1) is 0 Å². The number of carbonyl (C=O) groups is 1. The van der Waals surface area contributed by atoms with Gasteiger partial charge in [-0.2, -0.15) is 0 Å². The number of halogens is 1. The van der Waals surface area contributed by atoms with E-state index in [4.69, 9.17) is 9.72 Å². The summed E-state index contributed by atoms with van der Waals surface area (Å²) in [5.41, 5.74) is 2.95. The van der Waals surface area contributed by atoms with Crippen molar-refractivity contribution in [3.63, 3.8) is 0 Å². The molecule has 0 atom stereocenters. The predicted octanol–water partition coefficient (Wildman–Crippen LogP) is 5.86. The third-order valence-corrected chi connectivity index (χ3v) is 10.1. The van der Waals surface area contributed by atoms with Crippen LogP contribution in [-0.2, 0) is 16.4 Å². The number of hydrogen-bond acceptors (Lipinski definition) is 7. The van der Waals surface area contributed by atoms with Crippen molar-refractivity contribution in [1.82, 2.24) is 9.88 Å². The van der Waals surface area contributed by atoms with Gasteiger partial charge in [0.15, 0.2) is 5.13 Å². The van der Waals surface area contributed by atoms with Crippen molar-refractivity contribution in [1.29, 1.82) is 0 Å². The maximum atomic E-state index is 13.9. The number of amides is 1. The molecule has 5 rings (SSSR count). The summed E-state index contributed by atoms with van der Waals surface area (Å²) in [7, 11) is -3.74. The highest BCUT2D eigenvalue weighted by molar-refractivity contribution is 7.92. The molecule has 0 N–H and O–H groups in total. The van der Waals surface area contributed by atoms with E-state index < -0.39 is 10.0 Å². The lowest BCUT2D eigenvalue weighted by molar-refractivity contribution is 0.0983. The smallest absolute Gasteiger partial charge is 0.264 e. The van der Waals surface area contributed by atoms with Crippen molar-refractivity contribution < 1.29 is 17.9 Å². The van der Waals surface area contributed by atoms with E-state index in [-0.39, 0.29) is 23.2 Å². The monoisotopic (exact) mass is 614 g/mol. The highest BCUT2D eigenvalue weighted by Gasteiger charge is 2.31. The number of anilines is 2. The number of ether oxygens (including phenoxy) is 1. The van der Waals surface area contributed by atoms with E-state index in [1.54, 1.807) is 17.0 Å². The summed E-state index contributed by atoms with van der Waals surface area (Å²) < 4.78 is 34.9. The minimum Gasteiger partial charge on any atom is -0.494 e. The standard InChI is InChI=1S/C30H34N4O4S2.ClH/c1-4-32(5-2)19-20-33(30-31-26-16-13-24(38-6-3)21-28(26)39-30)29(35)23-11-14-25(15-12-23)40(36,37)34-18-17-22-9-7-8-10-27(22)34;/h7-16,21H,4-6,17-20H2,1-3H3;1H. The zero-order valence-electron chi connectivity index (χ0n) is 23.4. The minimum atomic E-state index is -3.74. The number of hydrogen-bond donors (Lipinski definition) is 0. The van der Waals surface area contributed by atoms with Crippen molar-refractivity contribution in [3.05, 3.63) is 77.9 Å². The van der Waals surface area contributed by atoms with Crippen molar-refractivity contribution in [3.8, 4) is 5.75 Å². The van der Waals surface area contributed by atoms with Crippen LogP contribution in [0.5, 0.6) is 5.75 Å². The topological polar surface area (TPSA) is 83.0 Å². The second-order valence-corrected chi connectivity index (χ2v) is 12.4. The molecule has 2 heterocycles.